The average molecular weight is 483 g/mol. The van der Waals surface area contributed by atoms with Crippen LogP contribution in [-0.4, -0.2) is 10.2 Å². The smallest absolute Gasteiger partial charge is 0.508 e. The molecule has 0 saturated heterocycles. The first-order valence-corrected chi connectivity index (χ1v) is 10.9. The van der Waals surface area contributed by atoms with E-state index in [1.807, 2.05) is 50.3 Å². The largest absolute Gasteiger partial charge is 2.00 e. The zero-order valence-corrected chi connectivity index (χ0v) is 22.5. The minimum absolute atomic E-state index is 0. The Labute approximate surface area is 212 Å². The van der Waals surface area contributed by atoms with Gasteiger partial charge in [0.1, 0.15) is 11.5 Å². The van der Waals surface area contributed by atoms with Gasteiger partial charge in [0.25, 0.3) is 0 Å². The van der Waals surface area contributed by atoms with Gasteiger partial charge in [-0.25, -0.2) is 23.3 Å². The number of phenols is 2. The van der Waals surface area contributed by atoms with Gasteiger partial charge in [-0.1, -0.05) is 73.9 Å². The van der Waals surface area contributed by atoms with Gasteiger partial charge in [-0.15, -0.1) is 13.8 Å². The van der Waals surface area contributed by atoms with Crippen LogP contribution in [0.25, 0.3) is 0 Å². The molecule has 2 aromatic rings. The molecule has 0 aromatic heterocycles. The maximum Gasteiger partial charge on any atom is 2.00 e. The number of phenolic OH excluding ortho intramolecular Hbond substituents is 2. The molecule has 0 bridgehead atoms. The Morgan fingerprint density at radius 1 is 0.545 bits per heavy atom. The molecule has 0 atom stereocenters. The van der Waals surface area contributed by atoms with Crippen molar-refractivity contribution in [1.82, 2.24) is 0 Å². The fourth-order valence-corrected chi connectivity index (χ4v) is 2.99. The Morgan fingerprint density at radius 3 is 0.939 bits per heavy atom. The van der Waals surface area contributed by atoms with Gasteiger partial charge in [-0.3, -0.25) is 12.2 Å². The van der Waals surface area contributed by atoms with Gasteiger partial charge in [0.2, 0.25) is 0 Å². The van der Waals surface area contributed by atoms with E-state index in [2.05, 4.69) is 65.8 Å². The summed E-state index contributed by atoms with van der Waals surface area (Å²) in [4.78, 5) is 0. The first-order chi connectivity index (χ1) is 14.8. The van der Waals surface area contributed by atoms with Crippen LogP contribution in [0.15, 0.2) is 84.0 Å². The number of aromatic hydroxyl groups is 2. The van der Waals surface area contributed by atoms with Crippen LogP contribution in [0.4, 0.5) is 0 Å². The van der Waals surface area contributed by atoms with E-state index in [0.29, 0.717) is 11.5 Å². The summed E-state index contributed by atoms with van der Waals surface area (Å²) in [7, 11) is 0. The molecule has 0 saturated carbocycles. The number of hydrogen-bond donors (Lipinski definition) is 2. The summed E-state index contributed by atoms with van der Waals surface area (Å²) >= 11 is 0. The van der Waals surface area contributed by atoms with Crippen molar-refractivity contribution in [2.45, 2.75) is 55.4 Å². The zero-order valence-electron chi connectivity index (χ0n) is 21.2. The maximum atomic E-state index is 8.76. The predicted molar refractivity (Wildman–Crippen MR) is 136 cm³/mol. The molecule has 4 rings (SSSR count). The molecule has 0 aliphatic heterocycles. The van der Waals surface area contributed by atoms with Crippen LogP contribution in [0.1, 0.15) is 52.7 Å². The summed E-state index contributed by atoms with van der Waals surface area (Å²) in [6.45, 7) is 16.8. The first-order valence-electron chi connectivity index (χ1n) is 10.9. The third kappa shape index (κ3) is 14.3. The molecule has 0 spiro atoms. The third-order valence-electron chi connectivity index (χ3n) is 4.59. The molecular weight excluding hydrogens is 444 g/mol. The van der Waals surface area contributed by atoms with Crippen molar-refractivity contribution in [2.75, 3.05) is 0 Å². The number of hydrogen-bond acceptors (Lipinski definition) is 2. The molecule has 0 heterocycles. The summed E-state index contributed by atoms with van der Waals surface area (Å²) in [6.07, 6.45) is 15.0. The summed E-state index contributed by atoms with van der Waals surface area (Å²) in [5.41, 5.74) is 5.39. The van der Waals surface area contributed by atoms with Crippen LogP contribution in [-0.2, 0) is 17.4 Å². The van der Waals surface area contributed by atoms with Gasteiger partial charge in [0, 0.05) is 0 Å². The number of allylic oxidation sites excluding steroid dienone is 8. The predicted octanol–water partition coefficient (Wildman–Crippen LogP) is 8.06. The number of rotatable bonds is 0. The van der Waals surface area contributed by atoms with Gasteiger partial charge in [-0.05, 0) is 38.1 Å². The average Bonchev–Trinajstić information content (AvgIpc) is 3.20. The van der Waals surface area contributed by atoms with E-state index in [-0.39, 0.29) is 28.2 Å². The SMILES string of the molecule is CC1=CC(C)(C)[C-]=C1.CC1=CC(C)(C)[C-]=C1.Cc1ccc(O)cc1.Cc1ccc(O)cc1.[Cr+2]. The minimum Gasteiger partial charge on any atom is -0.508 e. The molecule has 176 valence electrons. The maximum absolute atomic E-state index is 8.76. The molecule has 2 aliphatic carbocycles. The van der Waals surface area contributed by atoms with E-state index < -0.39 is 0 Å². The Bertz CT molecular complexity index is 834. The van der Waals surface area contributed by atoms with Crippen molar-refractivity contribution in [3.8, 4) is 11.5 Å². The first kappa shape index (κ1) is 30.5. The van der Waals surface area contributed by atoms with Gasteiger partial charge in [-0.2, -0.15) is 12.2 Å². The molecule has 0 unspecified atom stereocenters. The van der Waals surface area contributed by atoms with Crippen LogP contribution >= 0.6 is 0 Å². The summed E-state index contributed by atoms with van der Waals surface area (Å²) < 4.78 is 0. The van der Waals surface area contributed by atoms with E-state index in [1.54, 1.807) is 24.3 Å². The van der Waals surface area contributed by atoms with Crippen molar-refractivity contribution in [1.29, 1.82) is 0 Å². The van der Waals surface area contributed by atoms with Crippen molar-refractivity contribution < 1.29 is 27.6 Å². The third-order valence-corrected chi connectivity index (χ3v) is 4.59. The molecule has 2 N–H and O–H groups in total. The quantitative estimate of drug-likeness (QED) is 0.373. The van der Waals surface area contributed by atoms with Crippen molar-refractivity contribution in [3.05, 3.63) is 107 Å². The van der Waals surface area contributed by atoms with Gasteiger partial charge in [0.15, 0.2) is 0 Å². The van der Waals surface area contributed by atoms with Crippen molar-refractivity contribution in [3.63, 3.8) is 0 Å². The summed E-state index contributed by atoms with van der Waals surface area (Å²) in [5.74, 6) is 0.659. The minimum atomic E-state index is 0. The van der Waals surface area contributed by atoms with E-state index >= 15 is 0 Å². The van der Waals surface area contributed by atoms with Crippen LogP contribution in [0.3, 0.4) is 0 Å². The van der Waals surface area contributed by atoms with Crippen LogP contribution in [0.5, 0.6) is 11.5 Å². The second-order valence-electron chi connectivity index (χ2n) is 9.47. The normalized spacial score (nSPS) is 15.9. The van der Waals surface area contributed by atoms with E-state index in [9.17, 15) is 0 Å². The molecule has 0 amide bonds. The van der Waals surface area contributed by atoms with Crippen LogP contribution in [0, 0.1) is 36.8 Å². The van der Waals surface area contributed by atoms with Crippen molar-refractivity contribution in [2.24, 2.45) is 10.8 Å². The van der Waals surface area contributed by atoms with E-state index in [0.717, 1.165) is 0 Å². The Morgan fingerprint density at radius 2 is 0.818 bits per heavy atom. The monoisotopic (exact) mass is 482 g/mol. The molecule has 0 radical (unpaired) electrons. The van der Waals surface area contributed by atoms with E-state index in [1.165, 1.54) is 22.3 Å². The molecular formula is C30H38CrO2. The standard InChI is InChI=1S/2C8H11.2C7H8O.Cr/c2*1-7-4-5-8(2,3)6-7;2*1-6-2-4-7(8)5-3-6;/h2*4,6H,1-3H3;2*2-5,8H,1H3;/q2*-1;;;+2. The molecule has 2 aromatic carbocycles. The molecule has 2 aliphatic rings. The van der Waals surface area contributed by atoms with E-state index in [4.69, 9.17) is 10.2 Å². The molecule has 3 heteroatoms. The Kier molecular flexibility index (Phi) is 12.9. The summed E-state index contributed by atoms with van der Waals surface area (Å²) in [6, 6.07) is 14.2. The van der Waals surface area contributed by atoms with Gasteiger partial charge < -0.3 is 10.2 Å². The molecule has 33 heavy (non-hydrogen) atoms. The fraction of sp³-hybridized carbons (Fsp3) is 0.333. The van der Waals surface area contributed by atoms with Gasteiger partial charge >= 0.3 is 17.4 Å². The number of aryl methyl sites for hydroxylation is 2. The number of benzene rings is 2. The molecule has 2 nitrogen and oxygen atoms in total. The topological polar surface area (TPSA) is 40.5 Å². The zero-order chi connectivity index (χ0) is 24.4. The summed E-state index contributed by atoms with van der Waals surface area (Å²) in [5, 5.41) is 17.5. The van der Waals surface area contributed by atoms with Crippen LogP contribution < -0.4 is 0 Å². The Hall–Kier alpha value is -2.47. The second kappa shape index (κ2) is 13.9. The fourth-order valence-electron chi connectivity index (χ4n) is 2.99. The molecule has 0 fully saturated rings. The van der Waals surface area contributed by atoms with Crippen molar-refractivity contribution >= 4 is 0 Å². The second-order valence-corrected chi connectivity index (χ2v) is 9.47. The van der Waals surface area contributed by atoms with Gasteiger partial charge in [0.05, 0.1) is 0 Å². The van der Waals surface area contributed by atoms with Crippen LogP contribution in [0.2, 0.25) is 0 Å². The Balaban J connectivity index is 0.000000410.